The van der Waals surface area contributed by atoms with Crippen LogP contribution in [0.25, 0.3) is 0 Å². The van der Waals surface area contributed by atoms with Crippen molar-refractivity contribution in [1.82, 2.24) is 0 Å². The van der Waals surface area contributed by atoms with E-state index >= 15 is 0 Å². The van der Waals surface area contributed by atoms with Crippen molar-refractivity contribution in [1.29, 1.82) is 0 Å². The van der Waals surface area contributed by atoms with Crippen LogP contribution in [0.15, 0.2) is 17.2 Å². The largest absolute Gasteiger partial charge is 0.377 e. The first kappa shape index (κ1) is 11.9. The minimum atomic E-state index is 0.425. The highest BCUT2D eigenvalue weighted by Gasteiger charge is 2.04. The highest BCUT2D eigenvalue weighted by molar-refractivity contribution is 8.13. The van der Waals surface area contributed by atoms with Crippen LogP contribution in [0.1, 0.15) is 22.3 Å². The van der Waals surface area contributed by atoms with E-state index in [0.717, 1.165) is 5.75 Å². The number of benzene rings is 1. The minimum absolute atomic E-state index is 0.425. The average Bonchev–Trinajstić information content (AvgIpc) is 2.15. The van der Waals surface area contributed by atoms with E-state index in [0.29, 0.717) is 5.17 Å². The zero-order chi connectivity index (χ0) is 11.4. The standard InChI is InChI=1S/C11H17N3S/c1-7-4-8(2)10(9(3)5-7)6-15-11(12)14-13/h4-5H,6,13H2,1-3H3,(H2,12,14). The molecule has 0 saturated carbocycles. The Bertz CT molecular complexity index is 362. The van der Waals surface area contributed by atoms with Crippen LogP contribution in [0.4, 0.5) is 0 Å². The van der Waals surface area contributed by atoms with Gasteiger partial charge < -0.3 is 11.6 Å². The molecule has 0 aromatic heterocycles. The number of thioether (sulfide) groups is 1. The van der Waals surface area contributed by atoms with Crippen molar-refractivity contribution in [2.24, 2.45) is 16.7 Å². The second-order valence-electron chi connectivity index (χ2n) is 3.63. The minimum Gasteiger partial charge on any atom is -0.377 e. The molecule has 82 valence electrons. The molecular formula is C11H17N3S. The zero-order valence-electron chi connectivity index (χ0n) is 9.37. The Morgan fingerprint density at radius 2 is 1.80 bits per heavy atom. The first-order valence-electron chi connectivity index (χ1n) is 4.77. The predicted octanol–water partition coefficient (Wildman–Crippen LogP) is 2.03. The summed E-state index contributed by atoms with van der Waals surface area (Å²) in [6, 6.07) is 4.36. The molecule has 3 nitrogen and oxygen atoms in total. The van der Waals surface area contributed by atoms with E-state index in [9.17, 15) is 0 Å². The molecule has 0 radical (unpaired) electrons. The molecule has 0 saturated heterocycles. The van der Waals surface area contributed by atoms with Crippen LogP contribution in [0, 0.1) is 20.8 Å². The first-order chi connectivity index (χ1) is 7.04. The lowest BCUT2D eigenvalue weighted by Gasteiger charge is -2.10. The van der Waals surface area contributed by atoms with Gasteiger partial charge in [-0.05, 0) is 37.5 Å². The van der Waals surface area contributed by atoms with Crippen molar-refractivity contribution in [2.75, 3.05) is 0 Å². The molecule has 0 aliphatic carbocycles. The number of aryl methyl sites for hydroxylation is 3. The Kier molecular flexibility index (Phi) is 4.03. The van der Waals surface area contributed by atoms with Gasteiger partial charge >= 0.3 is 0 Å². The Morgan fingerprint density at radius 1 is 1.27 bits per heavy atom. The molecule has 0 spiro atoms. The molecule has 0 bridgehead atoms. The van der Waals surface area contributed by atoms with Crippen LogP contribution >= 0.6 is 11.8 Å². The van der Waals surface area contributed by atoms with Gasteiger partial charge in [0.2, 0.25) is 0 Å². The van der Waals surface area contributed by atoms with Gasteiger partial charge in [0.1, 0.15) is 0 Å². The normalized spacial score (nSPS) is 11.8. The monoisotopic (exact) mass is 223 g/mol. The number of nitrogens with zero attached hydrogens (tertiary/aromatic N) is 1. The van der Waals surface area contributed by atoms with Crippen LogP contribution < -0.4 is 11.6 Å². The van der Waals surface area contributed by atoms with Crippen molar-refractivity contribution in [3.8, 4) is 0 Å². The van der Waals surface area contributed by atoms with E-state index in [-0.39, 0.29) is 0 Å². The molecule has 0 atom stereocenters. The van der Waals surface area contributed by atoms with Gasteiger partial charge in [0, 0.05) is 5.75 Å². The molecule has 1 aromatic carbocycles. The van der Waals surface area contributed by atoms with Crippen LogP contribution in [-0.4, -0.2) is 5.17 Å². The molecule has 1 rings (SSSR count). The summed E-state index contributed by atoms with van der Waals surface area (Å²) in [5.74, 6) is 5.90. The summed E-state index contributed by atoms with van der Waals surface area (Å²) < 4.78 is 0. The maximum absolute atomic E-state index is 5.54. The highest BCUT2D eigenvalue weighted by Crippen LogP contribution is 2.21. The maximum atomic E-state index is 5.54. The van der Waals surface area contributed by atoms with E-state index in [1.807, 2.05) is 0 Å². The van der Waals surface area contributed by atoms with Gasteiger partial charge in [-0.1, -0.05) is 29.5 Å². The number of hydrogen-bond acceptors (Lipinski definition) is 3. The summed E-state index contributed by atoms with van der Waals surface area (Å²) in [6.07, 6.45) is 0. The summed E-state index contributed by atoms with van der Waals surface area (Å²) in [4.78, 5) is 0. The van der Waals surface area contributed by atoms with Gasteiger partial charge in [0.25, 0.3) is 0 Å². The van der Waals surface area contributed by atoms with E-state index in [1.54, 1.807) is 0 Å². The van der Waals surface area contributed by atoms with Crippen molar-refractivity contribution in [3.05, 3.63) is 34.4 Å². The Hall–Kier alpha value is -1.16. The lowest BCUT2D eigenvalue weighted by atomic mass is 10.0. The molecule has 4 N–H and O–H groups in total. The van der Waals surface area contributed by atoms with E-state index < -0.39 is 0 Å². The van der Waals surface area contributed by atoms with Crippen LogP contribution in [0.3, 0.4) is 0 Å². The molecule has 4 heteroatoms. The quantitative estimate of drug-likeness (QED) is 0.349. The topological polar surface area (TPSA) is 64.4 Å². The lowest BCUT2D eigenvalue weighted by Crippen LogP contribution is -2.09. The number of amidine groups is 1. The van der Waals surface area contributed by atoms with Crippen LogP contribution in [0.5, 0.6) is 0 Å². The second kappa shape index (κ2) is 5.07. The summed E-state index contributed by atoms with van der Waals surface area (Å²) in [5, 5.41) is 3.86. The average molecular weight is 223 g/mol. The van der Waals surface area contributed by atoms with E-state index in [2.05, 4.69) is 38.0 Å². The predicted molar refractivity (Wildman–Crippen MR) is 67.8 cm³/mol. The zero-order valence-corrected chi connectivity index (χ0v) is 10.2. The maximum Gasteiger partial charge on any atom is 0.177 e. The van der Waals surface area contributed by atoms with Crippen molar-refractivity contribution >= 4 is 16.9 Å². The Morgan fingerprint density at radius 3 is 2.27 bits per heavy atom. The summed E-state index contributed by atoms with van der Waals surface area (Å²) in [7, 11) is 0. The van der Waals surface area contributed by atoms with Gasteiger partial charge in [-0.2, -0.15) is 5.10 Å². The van der Waals surface area contributed by atoms with Gasteiger partial charge in [0.05, 0.1) is 0 Å². The summed E-state index contributed by atoms with van der Waals surface area (Å²) in [5.41, 5.74) is 10.7. The Labute approximate surface area is 94.9 Å². The summed E-state index contributed by atoms with van der Waals surface area (Å²) >= 11 is 1.47. The van der Waals surface area contributed by atoms with E-state index in [4.69, 9.17) is 11.6 Å². The molecule has 0 heterocycles. The molecule has 0 aliphatic rings. The number of hydrogen-bond donors (Lipinski definition) is 2. The molecule has 0 unspecified atom stereocenters. The fourth-order valence-corrected chi connectivity index (χ4v) is 2.44. The first-order valence-corrected chi connectivity index (χ1v) is 5.76. The van der Waals surface area contributed by atoms with Gasteiger partial charge in [-0.25, -0.2) is 0 Å². The third-order valence-corrected chi connectivity index (χ3v) is 3.17. The molecule has 0 fully saturated rings. The molecule has 0 amide bonds. The second-order valence-corrected chi connectivity index (χ2v) is 4.63. The number of hydrazone groups is 1. The molecule has 15 heavy (non-hydrogen) atoms. The fraction of sp³-hybridized carbons (Fsp3) is 0.364. The molecular weight excluding hydrogens is 206 g/mol. The van der Waals surface area contributed by atoms with Gasteiger partial charge in [-0.3, -0.25) is 0 Å². The third-order valence-electron chi connectivity index (χ3n) is 2.33. The Balaban J connectivity index is 2.86. The van der Waals surface area contributed by atoms with Gasteiger partial charge in [0.15, 0.2) is 5.17 Å². The number of nitrogens with two attached hydrogens (primary N) is 2. The van der Waals surface area contributed by atoms with Crippen LogP contribution in [0.2, 0.25) is 0 Å². The third kappa shape index (κ3) is 3.16. The highest BCUT2D eigenvalue weighted by atomic mass is 32.2. The van der Waals surface area contributed by atoms with Crippen molar-refractivity contribution < 1.29 is 0 Å². The smallest absolute Gasteiger partial charge is 0.177 e. The van der Waals surface area contributed by atoms with Crippen molar-refractivity contribution in [2.45, 2.75) is 26.5 Å². The van der Waals surface area contributed by atoms with E-state index in [1.165, 1.54) is 34.0 Å². The van der Waals surface area contributed by atoms with Crippen molar-refractivity contribution in [3.63, 3.8) is 0 Å². The van der Waals surface area contributed by atoms with Gasteiger partial charge in [-0.15, -0.1) is 0 Å². The number of rotatable bonds is 2. The SMILES string of the molecule is Cc1cc(C)c(CS/C(N)=N/N)c(C)c1. The summed E-state index contributed by atoms with van der Waals surface area (Å²) in [6.45, 7) is 6.34. The fourth-order valence-electron chi connectivity index (χ4n) is 1.62. The molecule has 0 aliphatic heterocycles. The van der Waals surface area contributed by atoms with Crippen LogP contribution in [-0.2, 0) is 5.75 Å². The lowest BCUT2D eigenvalue weighted by molar-refractivity contribution is 1.21. The molecule has 1 aromatic rings.